The summed E-state index contributed by atoms with van der Waals surface area (Å²) in [7, 11) is 0. The third kappa shape index (κ3) is 5.24. The van der Waals surface area contributed by atoms with E-state index in [0.29, 0.717) is 106 Å². The highest BCUT2D eigenvalue weighted by molar-refractivity contribution is 6.44. The second-order valence-electron chi connectivity index (χ2n) is 14.5. The minimum atomic E-state index is -2.00. The van der Waals surface area contributed by atoms with Gasteiger partial charge in [0, 0.05) is 81.0 Å². The van der Waals surface area contributed by atoms with E-state index in [2.05, 4.69) is 0 Å². The summed E-state index contributed by atoms with van der Waals surface area (Å²) in [5, 5.41) is 42.8. The summed E-state index contributed by atoms with van der Waals surface area (Å²) < 4.78 is 11.3. The van der Waals surface area contributed by atoms with Crippen LogP contribution in [0.25, 0.3) is 43.1 Å². The lowest BCUT2D eigenvalue weighted by atomic mass is 9.80. The lowest BCUT2D eigenvalue weighted by molar-refractivity contribution is -0.148. The van der Waals surface area contributed by atoms with Gasteiger partial charge in [0.15, 0.2) is 0 Å². The number of hydrogen-bond acceptors (Lipinski definition) is 12. The molecule has 2 atom stereocenters. The van der Waals surface area contributed by atoms with Crippen molar-refractivity contribution in [1.82, 2.24) is 9.80 Å². The highest BCUT2D eigenvalue weighted by atomic mass is 16.5. The fourth-order valence-corrected chi connectivity index (χ4v) is 9.04. The van der Waals surface area contributed by atoms with E-state index in [1.807, 2.05) is 9.80 Å². The summed E-state index contributed by atoms with van der Waals surface area (Å²) in [6, 6.07) is 5.31. The summed E-state index contributed by atoms with van der Waals surface area (Å²) in [4.78, 5) is 111. The largest absolute Gasteiger partial charge is 0.481 e. The number of benzene rings is 5. The van der Waals surface area contributed by atoms with Crippen molar-refractivity contribution >= 4 is 102 Å². The number of nitrogens with zero attached hydrogens (tertiary/aromatic N) is 4. The average Bonchev–Trinajstić information content (AvgIpc) is 3.20. The molecule has 5 aromatic rings. The summed E-state index contributed by atoms with van der Waals surface area (Å²) in [5.41, 5.74) is 0.906. The normalized spacial score (nSPS) is 18.2. The van der Waals surface area contributed by atoms with Gasteiger partial charge in [-0.25, -0.2) is 9.59 Å². The Morgan fingerprint density at radius 3 is 1.17 bits per heavy atom. The molecule has 0 spiro atoms. The second kappa shape index (κ2) is 13.3. The molecule has 0 radical (unpaired) electrons. The van der Waals surface area contributed by atoms with Crippen molar-refractivity contribution in [2.45, 2.75) is 24.9 Å². The smallest absolute Gasteiger partial charge is 0.327 e. The predicted molar refractivity (Wildman–Crippen MR) is 202 cm³/mol. The number of amides is 4. The monoisotopic (exact) mass is 792 g/mol. The molecule has 0 bridgehead atoms. The van der Waals surface area contributed by atoms with Gasteiger partial charge in [0.2, 0.25) is 0 Å². The molecule has 18 nitrogen and oxygen atoms in total. The first-order chi connectivity index (χ1) is 27.8. The van der Waals surface area contributed by atoms with Crippen LogP contribution in [0, 0.1) is 0 Å². The zero-order chi connectivity index (χ0) is 40.9. The Morgan fingerprint density at radius 2 is 0.845 bits per heavy atom. The van der Waals surface area contributed by atoms with Crippen LogP contribution in [0.3, 0.4) is 0 Å². The van der Waals surface area contributed by atoms with Crippen LogP contribution in [0.5, 0.6) is 0 Å². The first-order valence-corrected chi connectivity index (χ1v) is 18.4. The third-order valence-corrected chi connectivity index (χ3v) is 11.5. The van der Waals surface area contributed by atoms with E-state index in [4.69, 9.17) is 9.47 Å². The van der Waals surface area contributed by atoms with Gasteiger partial charge in [0.1, 0.15) is 12.1 Å². The lowest BCUT2D eigenvalue weighted by Crippen LogP contribution is -2.51. The second-order valence-corrected chi connectivity index (χ2v) is 14.5. The van der Waals surface area contributed by atoms with E-state index in [-0.39, 0.29) is 33.0 Å². The van der Waals surface area contributed by atoms with Gasteiger partial charge in [-0.15, -0.1) is 0 Å². The number of carboxylic acid groups (broad SMARTS) is 4. The Labute approximate surface area is 325 Å². The summed E-state index contributed by atoms with van der Waals surface area (Å²) in [6.07, 6.45) is -2.06. The molecule has 2 saturated heterocycles. The van der Waals surface area contributed by atoms with Gasteiger partial charge in [-0.3, -0.25) is 38.6 Å². The van der Waals surface area contributed by atoms with Crippen LogP contribution in [-0.4, -0.2) is 142 Å². The number of hydrogen-bond donors (Lipinski definition) is 4. The van der Waals surface area contributed by atoms with E-state index in [0.717, 1.165) is 0 Å². The Bertz CT molecular complexity index is 2550. The van der Waals surface area contributed by atoms with E-state index in [9.17, 15) is 58.8 Å². The number of rotatable bonds is 10. The molecule has 0 aromatic heterocycles. The van der Waals surface area contributed by atoms with Gasteiger partial charge in [0.25, 0.3) is 23.6 Å². The molecule has 4 aliphatic rings. The first kappa shape index (κ1) is 36.7. The van der Waals surface area contributed by atoms with Crippen molar-refractivity contribution in [3.05, 3.63) is 58.7 Å². The maximum absolute atomic E-state index is 14.5. The molecule has 5 aromatic carbocycles. The number of aliphatic carboxylic acids is 4. The maximum atomic E-state index is 14.5. The van der Waals surface area contributed by atoms with E-state index in [1.165, 1.54) is 12.1 Å². The number of carboxylic acids is 4. The number of morpholine rings is 2. The fraction of sp³-hybridized carbons (Fsp3) is 0.300. The molecule has 9 rings (SSSR count). The van der Waals surface area contributed by atoms with E-state index < -0.39 is 72.4 Å². The Morgan fingerprint density at radius 1 is 0.500 bits per heavy atom. The minimum Gasteiger partial charge on any atom is -0.481 e. The van der Waals surface area contributed by atoms with Crippen LogP contribution in [-0.2, 0) is 28.7 Å². The van der Waals surface area contributed by atoms with Gasteiger partial charge in [-0.2, -0.15) is 0 Å². The molecular weight excluding hydrogens is 760 g/mol. The third-order valence-electron chi connectivity index (χ3n) is 11.5. The number of ether oxygens (including phenoxy) is 2. The minimum absolute atomic E-state index is 0.0190. The van der Waals surface area contributed by atoms with Crippen LogP contribution in [0.1, 0.15) is 54.3 Å². The van der Waals surface area contributed by atoms with Gasteiger partial charge in [-0.1, -0.05) is 12.1 Å². The maximum Gasteiger partial charge on any atom is 0.327 e. The molecule has 58 heavy (non-hydrogen) atoms. The van der Waals surface area contributed by atoms with Crippen molar-refractivity contribution in [2.24, 2.45) is 0 Å². The zero-order valence-electron chi connectivity index (χ0n) is 30.4. The molecule has 2 fully saturated rings. The Hall–Kier alpha value is -6.92. The van der Waals surface area contributed by atoms with Crippen molar-refractivity contribution < 1.29 is 68.3 Å². The topological polar surface area (TPSA) is 249 Å². The molecular formula is C40H32N4O14. The number of anilines is 2. The van der Waals surface area contributed by atoms with Crippen LogP contribution in [0.2, 0.25) is 0 Å². The number of imide groups is 2. The van der Waals surface area contributed by atoms with Gasteiger partial charge in [0.05, 0.1) is 50.4 Å². The zero-order valence-corrected chi connectivity index (χ0v) is 30.4. The van der Waals surface area contributed by atoms with Gasteiger partial charge < -0.3 is 39.7 Å². The molecule has 4 amide bonds. The highest BCUT2D eigenvalue weighted by Crippen LogP contribution is 2.52. The number of carbonyl (C=O) groups is 8. The average molecular weight is 793 g/mol. The lowest BCUT2D eigenvalue weighted by Gasteiger charge is -2.37. The molecule has 0 aliphatic carbocycles. The summed E-state index contributed by atoms with van der Waals surface area (Å²) in [5.74, 6) is -10.3. The van der Waals surface area contributed by atoms with Gasteiger partial charge >= 0.3 is 23.9 Å². The molecule has 4 aliphatic heterocycles. The number of carbonyl (C=O) groups excluding carboxylic acids is 4. The van der Waals surface area contributed by atoms with Crippen LogP contribution < -0.4 is 9.80 Å². The molecule has 18 heteroatoms. The standard InChI is InChI=1S/C40H32N4O14/c45-27(46)15-25(39(53)54)43-35(49)19-3-1-17-31-23(41-5-9-57-10-6-41)13-22-30-20(36(50)44(38(22)52)26(40(55)56)16-28(47)48)4-2-18(34(30)31)32-24(42-7-11-58-12-8-42)14-21(37(43)51)29(19)33(17)32/h1-4,13-14,25-26H,5-12,15-16H2,(H,45,46)(H,47,48)(H,53,54)(H,55,56)/t25-,26+. The highest BCUT2D eigenvalue weighted by Gasteiger charge is 2.45. The summed E-state index contributed by atoms with van der Waals surface area (Å²) in [6.45, 7) is 2.70. The Balaban J connectivity index is 1.42. The van der Waals surface area contributed by atoms with Crippen molar-refractivity contribution in [3.8, 4) is 0 Å². The van der Waals surface area contributed by atoms with E-state index >= 15 is 0 Å². The summed E-state index contributed by atoms with van der Waals surface area (Å²) >= 11 is 0. The van der Waals surface area contributed by atoms with E-state index in [1.54, 1.807) is 24.3 Å². The Kier molecular flexibility index (Phi) is 8.44. The molecule has 0 unspecified atom stereocenters. The quantitative estimate of drug-likeness (QED) is 0.0901. The molecule has 296 valence electrons. The molecule has 4 N–H and O–H groups in total. The SMILES string of the molecule is O=C(O)C[C@H](C(=O)O)N1C(=O)c2ccc3c4c(N5CCOCC5)cc5c6c(ccc(c7c(N8CCOCC8)cc(c2c37)C1=O)c64)C(=O)N([C@@H](CC(=O)O)C(=O)O)C5=O. The van der Waals surface area contributed by atoms with Crippen molar-refractivity contribution in [3.63, 3.8) is 0 Å². The molecule has 0 saturated carbocycles. The van der Waals surface area contributed by atoms with Crippen LogP contribution in [0.15, 0.2) is 36.4 Å². The van der Waals surface area contributed by atoms with Gasteiger partial charge in [-0.05, 0) is 35.0 Å². The molecule has 4 heterocycles. The first-order valence-electron chi connectivity index (χ1n) is 18.4. The number of fused-ring (bicyclic) bond motifs is 2. The predicted octanol–water partition coefficient (Wildman–Crippen LogP) is 2.46. The van der Waals surface area contributed by atoms with Crippen molar-refractivity contribution in [2.75, 3.05) is 62.4 Å². The van der Waals surface area contributed by atoms with Crippen LogP contribution >= 0.6 is 0 Å². The van der Waals surface area contributed by atoms with Crippen molar-refractivity contribution in [1.29, 1.82) is 0 Å². The van der Waals surface area contributed by atoms with Crippen LogP contribution in [0.4, 0.5) is 11.4 Å². The fourth-order valence-electron chi connectivity index (χ4n) is 9.04.